The molecule has 4 aromatic heterocycles. The summed E-state index contributed by atoms with van der Waals surface area (Å²) in [6.07, 6.45) is 5.55. The zero-order valence-electron chi connectivity index (χ0n) is 20.6. The minimum atomic E-state index is 0. The van der Waals surface area contributed by atoms with Crippen molar-refractivity contribution in [3.05, 3.63) is 134 Å². The van der Waals surface area contributed by atoms with Gasteiger partial charge >= 0.3 is 21.1 Å². The molecule has 0 N–H and O–H groups in total. The largest absolute Gasteiger partial charge is 2.00 e. The summed E-state index contributed by atoms with van der Waals surface area (Å²) in [5.41, 5.74) is 6.02. The van der Waals surface area contributed by atoms with Crippen molar-refractivity contribution < 1.29 is 25.7 Å². The van der Waals surface area contributed by atoms with Gasteiger partial charge < -0.3 is 9.13 Å². The number of para-hydroxylation sites is 2. The first-order chi connectivity index (χ1) is 18.9. The molecule has 0 radical (unpaired) electrons. The van der Waals surface area contributed by atoms with Crippen molar-refractivity contribution in [3.8, 4) is 17.2 Å². The summed E-state index contributed by atoms with van der Waals surface area (Å²) in [5, 5.41) is 9.12. The van der Waals surface area contributed by atoms with Gasteiger partial charge in [0.2, 0.25) is 0 Å². The molecule has 0 aliphatic heterocycles. The second-order valence-electron chi connectivity index (χ2n) is 9.25. The molecule has 0 bridgehead atoms. The van der Waals surface area contributed by atoms with Gasteiger partial charge in [0.15, 0.2) is 6.20 Å². The summed E-state index contributed by atoms with van der Waals surface area (Å²) in [7, 11) is 0. The Kier molecular flexibility index (Phi) is 5.61. The minimum Gasteiger partial charge on any atom is -0.358 e. The molecule has 0 aliphatic carbocycles. The van der Waals surface area contributed by atoms with E-state index in [9.17, 15) is 0 Å². The number of aromatic nitrogens is 5. The molecular weight excluding hydrogens is 661 g/mol. The average molecular weight is 682 g/mol. The van der Waals surface area contributed by atoms with Gasteiger partial charge in [-0.2, -0.15) is 12.1 Å². The Bertz CT molecular complexity index is 2130. The fourth-order valence-corrected chi connectivity index (χ4v) is 5.47. The molecule has 0 unspecified atom stereocenters. The van der Waals surface area contributed by atoms with Gasteiger partial charge in [-0.05, 0) is 46.2 Å². The third kappa shape index (κ3) is 3.62. The van der Waals surface area contributed by atoms with Crippen molar-refractivity contribution in [2.75, 3.05) is 0 Å². The number of hydrogen-bond acceptors (Lipinski definition) is 2. The van der Waals surface area contributed by atoms with Gasteiger partial charge in [0, 0.05) is 23.3 Å². The van der Waals surface area contributed by atoms with Crippen molar-refractivity contribution in [1.29, 1.82) is 0 Å². The molecule has 0 saturated carbocycles. The number of pyridine rings is 1. The standard InChI is InChI=1S/C33H20N5.Pt/c1-3-11-29-25(9-1)27-16-14-23(36-20-8-7-19-35-36)21-31(27)37(29)24-15-17-28-26-10-2-4-12-30(26)38(32(28)22-24)33-13-5-6-18-34-33;/h1-20H;/q-1;+2. The van der Waals surface area contributed by atoms with Crippen LogP contribution in [-0.2, 0) is 21.1 Å². The third-order valence-electron chi connectivity index (χ3n) is 7.12. The van der Waals surface area contributed by atoms with E-state index in [1.807, 2.05) is 47.4 Å². The van der Waals surface area contributed by atoms with Crippen molar-refractivity contribution in [2.24, 2.45) is 0 Å². The van der Waals surface area contributed by atoms with Gasteiger partial charge in [-0.1, -0.05) is 76.0 Å². The Morgan fingerprint density at radius 3 is 1.95 bits per heavy atom. The predicted molar refractivity (Wildman–Crippen MR) is 150 cm³/mol. The Balaban J connectivity index is 0.00000253. The van der Waals surface area contributed by atoms with Crippen LogP contribution in [0.4, 0.5) is 0 Å². The summed E-state index contributed by atoms with van der Waals surface area (Å²) in [4.78, 5) is 4.68. The fourth-order valence-electron chi connectivity index (χ4n) is 5.47. The maximum absolute atomic E-state index is 4.68. The van der Waals surface area contributed by atoms with E-state index in [1.165, 1.54) is 10.8 Å². The van der Waals surface area contributed by atoms with E-state index >= 15 is 0 Å². The SMILES string of the molecule is [Pt+2].[c-]1c(-[n+]2ccccn2)ccc2c3ccccc3n(-c3[c-]c4c(cc3)c3ccccc3n4-c3ccccn3)c12. The Labute approximate surface area is 238 Å². The van der Waals surface area contributed by atoms with Gasteiger partial charge in [0.05, 0.1) is 6.20 Å². The van der Waals surface area contributed by atoms with Gasteiger partial charge in [-0.3, -0.25) is 0 Å². The van der Waals surface area contributed by atoms with E-state index in [0.29, 0.717) is 0 Å². The van der Waals surface area contributed by atoms with Gasteiger partial charge in [0.25, 0.3) is 0 Å². The van der Waals surface area contributed by atoms with Gasteiger partial charge in [0.1, 0.15) is 11.5 Å². The first-order valence-electron chi connectivity index (χ1n) is 12.5. The van der Waals surface area contributed by atoms with Crippen LogP contribution >= 0.6 is 0 Å². The second kappa shape index (κ2) is 9.30. The monoisotopic (exact) mass is 681 g/mol. The van der Waals surface area contributed by atoms with Crippen molar-refractivity contribution >= 4 is 43.6 Å². The minimum absolute atomic E-state index is 0. The Morgan fingerprint density at radius 1 is 0.564 bits per heavy atom. The molecule has 0 saturated heterocycles. The van der Waals surface area contributed by atoms with E-state index < -0.39 is 0 Å². The van der Waals surface area contributed by atoms with Crippen molar-refractivity contribution in [2.45, 2.75) is 0 Å². The van der Waals surface area contributed by atoms with Crippen LogP contribution in [0.3, 0.4) is 0 Å². The van der Waals surface area contributed by atoms with Crippen LogP contribution in [-0.4, -0.2) is 19.2 Å². The number of benzene rings is 4. The molecule has 39 heavy (non-hydrogen) atoms. The normalized spacial score (nSPS) is 11.4. The zero-order chi connectivity index (χ0) is 25.1. The number of rotatable bonds is 3. The van der Waals surface area contributed by atoms with E-state index in [-0.39, 0.29) is 21.1 Å². The molecule has 0 amide bonds. The van der Waals surface area contributed by atoms with E-state index in [1.54, 1.807) is 6.20 Å². The van der Waals surface area contributed by atoms with Crippen molar-refractivity contribution in [3.63, 3.8) is 0 Å². The second-order valence-corrected chi connectivity index (χ2v) is 9.25. The van der Waals surface area contributed by atoms with E-state index in [0.717, 1.165) is 50.0 Å². The van der Waals surface area contributed by atoms with E-state index in [2.05, 4.69) is 104 Å². The predicted octanol–water partition coefficient (Wildman–Crippen LogP) is 6.55. The molecule has 4 aromatic carbocycles. The van der Waals surface area contributed by atoms with Crippen LogP contribution in [0.15, 0.2) is 122 Å². The maximum atomic E-state index is 4.68. The van der Waals surface area contributed by atoms with Crippen LogP contribution in [0.1, 0.15) is 0 Å². The molecule has 0 fully saturated rings. The fraction of sp³-hybridized carbons (Fsp3) is 0. The molecule has 6 heteroatoms. The molecule has 0 aliphatic rings. The van der Waals surface area contributed by atoms with Crippen LogP contribution < -0.4 is 4.68 Å². The number of nitrogens with zero attached hydrogens (tertiary/aromatic N) is 5. The molecule has 4 heterocycles. The first kappa shape index (κ1) is 23.5. The summed E-state index contributed by atoms with van der Waals surface area (Å²) in [6, 6.07) is 42.8. The number of hydrogen-bond donors (Lipinski definition) is 0. The van der Waals surface area contributed by atoms with Gasteiger partial charge in [-0.15, -0.1) is 22.9 Å². The summed E-state index contributed by atoms with van der Waals surface area (Å²) < 4.78 is 6.28. The molecule has 8 rings (SSSR count). The third-order valence-corrected chi connectivity index (χ3v) is 7.12. The smallest absolute Gasteiger partial charge is 0.358 e. The van der Waals surface area contributed by atoms with Gasteiger partial charge in [-0.25, -0.2) is 4.98 Å². The molecule has 186 valence electrons. The molecule has 8 aromatic rings. The maximum Gasteiger partial charge on any atom is 2.00 e. The van der Waals surface area contributed by atoms with E-state index in [4.69, 9.17) is 0 Å². The Morgan fingerprint density at radius 2 is 1.23 bits per heavy atom. The molecule has 5 nitrogen and oxygen atoms in total. The first-order valence-corrected chi connectivity index (χ1v) is 12.5. The molecular formula is C33H20N5Pt+. The van der Waals surface area contributed by atoms with Crippen LogP contribution in [0.5, 0.6) is 0 Å². The quantitative estimate of drug-likeness (QED) is 0.157. The van der Waals surface area contributed by atoms with Crippen LogP contribution in [0.2, 0.25) is 0 Å². The molecule has 0 atom stereocenters. The summed E-state index contributed by atoms with van der Waals surface area (Å²) in [5.74, 6) is 0.870. The van der Waals surface area contributed by atoms with Crippen LogP contribution in [0, 0.1) is 12.1 Å². The Hall–Kier alpha value is -4.60. The van der Waals surface area contributed by atoms with Crippen LogP contribution in [0.25, 0.3) is 60.8 Å². The summed E-state index contributed by atoms with van der Waals surface area (Å²) >= 11 is 0. The zero-order valence-corrected chi connectivity index (χ0v) is 22.9. The summed E-state index contributed by atoms with van der Waals surface area (Å²) in [6.45, 7) is 0. The van der Waals surface area contributed by atoms with Crippen molar-refractivity contribution in [1.82, 2.24) is 19.2 Å². The topological polar surface area (TPSA) is 39.5 Å². The molecule has 0 spiro atoms. The number of fused-ring (bicyclic) bond motifs is 6. The average Bonchev–Trinajstić information content (AvgIpc) is 3.50.